The summed E-state index contributed by atoms with van der Waals surface area (Å²) in [5.41, 5.74) is 0.192. The minimum Gasteiger partial charge on any atom is -0.494 e. The van der Waals surface area contributed by atoms with Crippen molar-refractivity contribution in [3.05, 3.63) is 48.7 Å². The molecule has 0 saturated carbocycles. The molecule has 0 fully saturated rings. The Kier molecular flexibility index (Phi) is 6.77. The summed E-state index contributed by atoms with van der Waals surface area (Å²) >= 11 is 0. The molecule has 0 aliphatic heterocycles. The minimum atomic E-state index is -0.448. The highest BCUT2D eigenvalue weighted by molar-refractivity contribution is 5.90. The van der Waals surface area contributed by atoms with E-state index in [9.17, 15) is 9.90 Å². The third-order valence-corrected chi connectivity index (χ3v) is 3.47. The number of benzene rings is 1. The van der Waals surface area contributed by atoms with Gasteiger partial charge in [-0.05, 0) is 44.5 Å². The lowest BCUT2D eigenvalue weighted by Gasteiger charge is -2.24. The van der Waals surface area contributed by atoms with E-state index in [0.29, 0.717) is 31.0 Å². The molecule has 0 bridgehead atoms. The summed E-state index contributed by atoms with van der Waals surface area (Å²) in [6.07, 6.45) is 2.61. The van der Waals surface area contributed by atoms with Crippen LogP contribution in [0.1, 0.15) is 26.7 Å². The molecule has 2 aromatic rings. The fourth-order valence-electron chi connectivity index (χ4n) is 2.09. The predicted molar refractivity (Wildman–Crippen MR) is 98.8 cm³/mol. The number of ether oxygens (including phenoxy) is 1. The second-order valence-electron chi connectivity index (χ2n) is 6.41. The van der Waals surface area contributed by atoms with E-state index in [2.05, 4.69) is 15.6 Å². The van der Waals surface area contributed by atoms with Crippen molar-refractivity contribution >= 4 is 17.4 Å². The Hall–Kier alpha value is -2.60. The standard InChI is InChI=1S/C19H25N3O3/c1-19(2,14-23)22-17-11-10-15(13-20-17)21-18(24)9-6-12-25-16-7-4-3-5-8-16/h3-5,7-8,10-11,13,23H,6,9,12,14H2,1-2H3,(H,20,22)(H,21,24). The maximum Gasteiger partial charge on any atom is 0.224 e. The monoisotopic (exact) mass is 343 g/mol. The number of pyridine rings is 1. The van der Waals surface area contributed by atoms with Crippen molar-refractivity contribution in [1.82, 2.24) is 4.98 Å². The molecule has 0 saturated heterocycles. The van der Waals surface area contributed by atoms with Crippen molar-refractivity contribution in [2.75, 3.05) is 23.8 Å². The molecule has 1 aromatic carbocycles. The first kappa shape index (κ1) is 18.7. The highest BCUT2D eigenvalue weighted by Gasteiger charge is 2.16. The number of aliphatic hydroxyl groups excluding tert-OH is 1. The molecule has 1 heterocycles. The summed E-state index contributed by atoms with van der Waals surface area (Å²) in [4.78, 5) is 16.2. The first-order valence-electron chi connectivity index (χ1n) is 8.31. The molecule has 3 N–H and O–H groups in total. The fraction of sp³-hybridized carbons (Fsp3) is 0.368. The van der Waals surface area contributed by atoms with Gasteiger partial charge in [0.2, 0.25) is 5.91 Å². The number of nitrogens with zero attached hydrogens (tertiary/aromatic N) is 1. The van der Waals surface area contributed by atoms with E-state index in [4.69, 9.17) is 4.74 Å². The van der Waals surface area contributed by atoms with Crippen LogP contribution in [0.2, 0.25) is 0 Å². The Labute approximate surface area is 148 Å². The number of carbonyl (C=O) groups excluding carboxylic acids is 1. The number of para-hydroxylation sites is 1. The van der Waals surface area contributed by atoms with Crippen LogP contribution < -0.4 is 15.4 Å². The number of aliphatic hydroxyl groups is 1. The lowest BCUT2D eigenvalue weighted by molar-refractivity contribution is -0.116. The van der Waals surface area contributed by atoms with E-state index in [1.54, 1.807) is 18.3 Å². The number of amides is 1. The van der Waals surface area contributed by atoms with Crippen LogP contribution in [0, 0.1) is 0 Å². The van der Waals surface area contributed by atoms with Gasteiger partial charge in [-0.3, -0.25) is 4.79 Å². The second kappa shape index (κ2) is 9.03. The van der Waals surface area contributed by atoms with Gasteiger partial charge in [0.1, 0.15) is 11.6 Å². The number of anilines is 2. The van der Waals surface area contributed by atoms with E-state index >= 15 is 0 Å². The normalized spacial score (nSPS) is 11.0. The number of aromatic nitrogens is 1. The zero-order valence-corrected chi connectivity index (χ0v) is 14.7. The first-order chi connectivity index (χ1) is 12.0. The number of hydrogen-bond acceptors (Lipinski definition) is 5. The van der Waals surface area contributed by atoms with Gasteiger partial charge in [0.25, 0.3) is 0 Å². The molecule has 0 spiro atoms. The third-order valence-electron chi connectivity index (χ3n) is 3.47. The predicted octanol–water partition coefficient (Wildman–Crippen LogP) is 3.06. The smallest absolute Gasteiger partial charge is 0.224 e. The van der Waals surface area contributed by atoms with E-state index in [-0.39, 0.29) is 12.5 Å². The topological polar surface area (TPSA) is 83.5 Å². The molecule has 25 heavy (non-hydrogen) atoms. The summed E-state index contributed by atoms with van der Waals surface area (Å²) in [5.74, 6) is 1.38. The molecule has 6 nitrogen and oxygen atoms in total. The quantitative estimate of drug-likeness (QED) is 0.610. The van der Waals surface area contributed by atoms with Gasteiger partial charge in [-0.1, -0.05) is 18.2 Å². The molecule has 1 aromatic heterocycles. The number of rotatable bonds is 9. The van der Waals surface area contributed by atoms with Crippen molar-refractivity contribution in [2.24, 2.45) is 0 Å². The summed E-state index contributed by atoms with van der Waals surface area (Å²) in [6.45, 7) is 4.25. The molecule has 1 amide bonds. The van der Waals surface area contributed by atoms with Crippen LogP contribution in [0.25, 0.3) is 0 Å². The Morgan fingerprint density at radius 2 is 1.96 bits per heavy atom. The Morgan fingerprint density at radius 3 is 2.60 bits per heavy atom. The van der Waals surface area contributed by atoms with Crippen molar-refractivity contribution in [3.8, 4) is 5.75 Å². The zero-order chi connectivity index (χ0) is 18.1. The molecule has 0 unspecified atom stereocenters. The lowest BCUT2D eigenvalue weighted by atomic mass is 10.1. The summed E-state index contributed by atoms with van der Waals surface area (Å²) in [6, 6.07) is 13.1. The van der Waals surface area contributed by atoms with Gasteiger partial charge in [0, 0.05) is 6.42 Å². The van der Waals surface area contributed by atoms with Crippen LogP contribution in [0.15, 0.2) is 48.7 Å². The average Bonchev–Trinajstić information content (AvgIpc) is 2.61. The van der Waals surface area contributed by atoms with Crippen LogP contribution in [0.5, 0.6) is 5.75 Å². The Morgan fingerprint density at radius 1 is 1.20 bits per heavy atom. The van der Waals surface area contributed by atoms with Crippen LogP contribution in [0.4, 0.5) is 11.5 Å². The Bertz CT molecular complexity index is 657. The highest BCUT2D eigenvalue weighted by atomic mass is 16.5. The molecular formula is C19H25N3O3. The SMILES string of the molecule is CC(C)(CO)Nc1ccc(NC(=O)CCCOc2ccccc2)cn1. The number of nitrogens with one attached hydrogen (secondary N) is 2. The molecule has 0 atom stereocenters. The van der Waals surface area contributed by atoms with Gasteiger partial charge in [0.05, 0.1) is 30.6 Å². The second-order valence-corrected chi connectivity index (χ2v) is 6.41. The number of carbonyl (C=O) groups is 1. The average molecular weight is 343 g/mol. The maximum absolute atomic E-state index is 11.9. The summed E-state index contributed by atoms with van der Waals surface area (Å²) in [7, 11) is 0. The van der Waals surface area contributed by atoms with Gasteiger partial charge in [-0.15, -0.1) is 0 Å². The van der Waals surface area contributed by atoms with Crippen molar-refractivity contribution in [1.29, 1.82) is 0 Å². The Balaban J connectivity index is 1.71. The van der Waals surface area contributed by atoms with Crippen molar-refractivity contribution in [3.63, 3.8) is 0 Å². The summed E-state index contributed by atoms with van der Waals surface area (Å²) in [5, 5.41) is 15.2. The minimum absolute atomic E-state index is 0.00177. The van der Waals surface area contributed by atoms with Gasteiger partial charge < -0.3 is 20.5 Å². The van der Waals surface area contributed by atoms with Crippen LogP contribution in [-0.2, 0) is 4.79 Å². The third kappa shape index (κ3) is 6.81. The van der Waals surface area contributed by atoms with Gasteiger partial charge >= 0.3 is 0 Å². The zero-order valence-electron chi connectivity index (χ0n) is 14.7. The van der Waals surface area contributed by atoms with Crippen molar-refractivity contribution in [2.45, 2.75) is 32.2 Å². The van der Waals surface area contributed by atoms with Gasteiger partial charge in [-0.2, -0.15) is 0 Å². The van der Waals surface area contributed by atoms with Crippen LogP contribution in [-0.4, -0.2) is 34.8 Å². The van der Waals surface area contributed by atoms with Gasteiger partial charge in [0.15, 0.2) is 0 Å². The fourth-order valence-corrected chi connectivity index (χ4v) is 2.09. The van der Waals surface area contributed by atoms with E-state index in [1.807, 2.05) is 44.2 Å². The van der Waals surface area contributed by atoms with Crippen LogP contribution >= 0.6 is 0 Å². The summed E-state index contributed by atoms with van der Waals surface area (Å²) < 4.78 is 5.56. The molecular weight excluding hydrogens is 318 g/mol. The molecule has 6 heteroatoms. The van der Waals surface area contributed by atoms with Crippen molar-refractivity contribution < 1.29 is 14.6 Å². The lowest BCUT2D eigenvalue weighted by Crippen LogP contribution is -2.35. The van der Waals surface area contributed by atoms with E-state index in [1.165, 1.54) is 0 Å². The first-order valence-corrected chi connectivity index (χ1v) is 8.31. The number of hydrogen-bond donors (Lipinski definition) is 3. The van der Waals surface area contributed by atoms with Crippen LogP contribution in [0.3, 0.4) is 0 Å². The van der Waals surface area contributed by atoms with Gasteiger partial charge in [-0.25, -0.2) is 4.98 Å². The van der Waals surface area contributed by atoms with E-state index in [0.717, 1.165) is 5.75 Å². The highest BCUT2D eigenvalue weighted by Crippen LogP contribution is 2.15. The molecule has 134 valence electrons. The molecule has 2 rings (SSSR count). The molecule has 0 aliphatic carbocycles. The largest absolute Gasteiger partial charge is 0.494 e. The molecule has 0 aliphatic rings. The van der Waals surface area contributed by atoms with E-state index < -0.39 is 5.54 Å². The maximum atomic E-state index is 11.9. The molecule has 0 radical (unpaired) electrons.